The van der Waals surface area contributed by atoms with E-state index in [2.05, 4.69) is 39.8 Å². The first-order valence-corrected chi connectivity index (χ1v) is 8.33. The Morgan fingerprint density at radius 1 is 1.24 bits per heavy atom. The van der Waals surface area contributed by atoms with Gasteiger partial charge in [0.25, 0.3) is 0 Å². The highest BCUT2D eigenvalue weighted by atomic mass is 16.5. The zero-order valence-corrected chi connectivity index (χ0v) is 14.3. The fourth-order valence-corrected chi connectivity index (χ4v) is 3.91. The number of methoxy groups -OCH3 is 1. The van der Waals surface area contributed by atoms with Crippen molar-refractivity contribution in [2.45, 2.75) is 52.9 Å². The summed E-state index contributed by atoms with van der Waals surface area (Å²) in [5, 5.41) is 0. The van der Waals surface area contributed by atoms with E-state index in [0.717, 1.165) is 24.1 Å². The molecular formula is C19H31NO. The number of hydrogen-bond donors (Lipinski definition) is 1. The number of nitrogens with two attached hydrogens (primary N) is 1. The van der Waals surface area contributed by atoms with Gasteiger partial charge >= 0.3 is 0 Å². The maximum absolute atomic E-state index is 6.07. The van der Waals surface area contributed by atoms with E-state index in [1.54, 1.807) is 7.11 Å². The molecule has 2 nitrogen and oxygen atoms in total. The Balaban J connectivity index is 2.39. The Labute approximate surface area is 130 Å². The maximum atomic E-state index is 6.07. The van der Waals surface area contributed by atoms with Gasteiger partial charge in [-0.2, -0.15) is 0 Å². The summed E-state index contributed by atoms with van der Waals surface area (Å²) in [5.74, 6) is 3.79. The Kier molecular flexibility index (Phi) is 5.32. The highest BCUT2D eigenvalue weighted by Crippen LogP contribution is 2.46. The lowest BCUT2D eigenvalue weighted by Crippen LogP contribution is -2.31. The monoisotopic (exact) mass is 289 g/mol. The topological polar surface area (TPSA) is 35.2 Å². The Morgan fingerprint density at radius 2 is 1.95 bits per heavy atom. The molecule has 3 atom stereocenters. The van der Waals surface area contributed by atoms with E-state index < -0.39 is 0 Å². The molecule has 0 heterocycles. The van der Waals surface area contributed by atoms with E-state index in [-0.39, 0.29) is 0 Å². The van der Waals surface area contributed by atoms with Crippen LogP contribution in [0.3, 0.4) is 0 Å². The standard InChI is InChI=1S/C19H31NO/c1-12(2)15-7-8-16(11-20)18(10-15)17-9-6-13(3)14(4)19(17)21-5/h6,9,12,15-16,18H,7-8,10-11,20H2,1-5H3. The van der Waals surface area contributed by atoms with Gasteiger partial charge in [-0.15, -0.1) is 0 Å². The fraction of sp³-hybridized carbons (Fsp3) is 0.684. The minimum atomic E-state index is 0.547. The zero-order chi connectivity index (χ0) is 15.6. The van der Waals surface area contributed by atoms with Crippen molar-refractivity contribution in [3.63, 3.8) is 0 Å². The molecule has 2 rings (SSSR count). The van der Waals surface area contributed by atoms with E-state index >= 15 is 0 Å². The normalized spacial score (nSPS) is 26.1. The molecular weight excluding hydrogens is 258 g/mol. The van der Waals surface area contributed by atoms with E-state index in [9.17, 15) is 0 Å². The maximum Gasteiger partial charge on any atom is 0.125 e. The first-order valence-electron chi connectivity index (χ1n) is 8.33. The summed E-state index contributed by atoms with van der Waals surface area (Å²) in [6.07, 6.45) is 3.82. The zero-order valence-electron chi connectivity index (χ0n) is 14.3. The molecule has 1 aromatic carbocycles. The average molecular weight is 289 g/mol. The van der Waals surface area contributed by atoms with Crippen LogP contribution in [0.1, 0.15) is 55.7 Å². The second-order valence-corrected chi connectivity index (χ2v) is 7.05. The summed E-state index contributed by atoms with van der Waals surface area (Å²) in [6, 6.07) is 4.51. The second kappa shape index (κ2) is 6.83. The molecule has 0 amide bonds. The lowest BCUT2D eigenvalue weighted by Gasteiger charge is -2.38. The van der Waals surface area contributed by atoms with Gasteiger partial charge in [0.05, 0.1) is 7.11 Å². The van der Waals surface area contributed by atoms with Crippen LogP contribution in [0, 0.1) is 31.6 Å². The summed E-state index contributed by atoms with van der Waals surface area (Å²) >= 11 is 0. The molecule has 1 aliphatic rings. The number of ether oxygens (including phenoxy) is 1. The largest absolute Gasteiger partial charge is 0.496 e. The lowest BCUT2D eigenvalue weighted by atomic mass is 9.68. The molecule has 2 heteroatoms. The van der Waals surface area contributed by atoms with Crippen LogP contribution in [-0.2, 0) is 0 Å². The van der Waals surface area contributed by atoms with E-state index in [1.807, 2.05) is 0 Å². The van der Waals surface area contributed by atoms with Crippen molar-refractivity contribution in [2.24, 2.45) is 23.5 Å². The van der Waals surface area contributed by atoms with Crippen molar-refractivity contribution in [3.8, 4) is 5.75 Å². The molecule has 0 saturated heterocycles. The van der Waals surface area contributed by atoms with Gasteiger partial charge in [0, 0.05) is 0 Å². The van der Waals surface area contributed by atoms with Gasteiger partial charge < -0.3 is 10.5 Å². The summed E-state index contributed by atoms with van der Waals surface area (Å²) in [6.45, 7) is 9.80. The lowest BCUT2D eigenvalue weighted by molar-refractivity contribution is 0.195. The summed E-state index contributed by atoms with van der Waals surface area (Å²) < 4.78 is 5.76. The van der Waals surface area contributed by atoms with Crippen molar-refractivity contribution in [2.75, 3.05) is 13.7 Å². The smallest absolute Gasteiger partial charge is 0.125 e. The number of aryl methyl sites for hydroxylation is 1. The van der Waals surface area contributed by atoms with E-state index in [0.29, 0.717) is 11.8 Å². The van der Waals surface area contributed by atoms with Gasteiger partial charge in [-0.1, -0.05) is 26.0 Å². The predicted octanol–water partition coefficient (Wildman–Crippen LogP) is 4.43. The van der Waals surface area contributed by atoms with Crippen LogP contribution < -0.4 is 10.5 Å². The third-order valence-corrected chi connectivity index (χ3v) is 5.59. The van der Waals surface area contributed by atoms with Gasteiger partial charge in [0.2, 0.25) is 0 Å². The quantitative estimate of drug-likeness (QED) is 0.890. The molecule has 1 saturated carbocycles. The fourth-order valence-electron chi connectivity index (χ4n) is 3.91. The molecule has 118 valence electrons. The third kappa shape index (κ3) is 3.26. The Hall–Kier alpha value is -1.02. The van der Waals surface area contributed by atoms with Crippen molar-refractivity contribution < 1.29 is 4.74 Å². The minimum Gasteiger partial charge on any atom is -0.496 e. The van der Waals surface area contributed by atoms with Gasteiger partial charge in [-0.25, -0.2) is 0 Å². The van der Waals surface area contributed by atoms with Gasteiger partial charge in [-0.3, -0.25) is 0 Å². The molecule has 0 aromatic heterocycles. The first kappa shape index (κ1) is 16.4. The summed E-state index contributed by atoms with van der Waals surface area (Å²) in [5.41, 5.74) is 10.0. The van der Waals surface area contributed by atoms with Crippen LogP contribution >= 0.6 is 0 Å². The molecule has 1 fully saturated rings. The molecule has 0 spiro atoms. The third-order valence-electron chi connectivity index (χ3n) is 5.59. The highest BCUT2D eigenvalue weighted by Gasteiger charge is 2.33. The van der Waals surface area contributed by atoms with Crippen LogP contribution in [0.5, 0.6) is 5.75 Å². The minimum absolute atomic E-state index is 0.547. The summed E-state index contributed by atoms with van der Waals surface area (Å²) in [4.78, 5) is 0. The highest BCUT2D eigenvalue weighted by molar-refractivity contribution is 5.47. The van der Waals surface area contributed by atoms with Gasteiger partial charge in [-0.05, 0) is 80.0 Å². The molecule has 1 aromatic rings. The molecule has 0 aliphatic heterocycles. The first-order chi connectivity index (χ1) is 9.99. The summed E-state index contributed by atoms with van der Waals surface area (Å²) in [7, 11) is 1.80. The van der Waals surface area contributed by atoms with Crippen LogP contribution in [0.15, 0.2) is 12.1 Å². The molecule has 21 heavy (non-hydrogen) atoms. The van der Waals surface area contributed by atoms with Crippen molar-refractivity contribution in [3.05, 3.63) is 28.8 Å². The Bertz CT molecular complexity index is 481. The van der Waals surface area contributed by atoms with Crippen LogP contribution in [0.2, 0.25) is 0 Å². The number of rotatable bonds is 4. The van der Waals surface area contributed by atoms with Gasteiger partial charge in [0.1, 0.15) is 5.75 Å². The van der Waals surface area contributed by atoms with Crippen molar-refractivity contribution in [1.82, 2.24) is 0 Å². The molecule has 2 N–H and O–H groups in total. The molecule has 1 aliphatic carbocycles. The van der Waals surface area contributed by atoms with Gasteiger partial charge in [0.15, 0.2) is 0 Å². The van der Waals surface area contributed by atoms with Crippen LogP contribution in [0.4, 0.5) is 0 Å². The average Bonchev–Trinajstić information content (AvgIpc) is 2.49. The predicted molar refractivity (Wildman–Crippen MR) is 89.9 cm³/mol. The van der Waals surface area contributed by atoms with Crippen molar-refractivity contribution in [1.29, 1.82) is 0 Å². The number of hydrogen-bond acceptors (Lipinski definition) is 2. The number of benzene rings is 1. The molecule has 0 bridgehead atoms. The SMILES string of the molecule is COc1c(C2CC(C(C)C)CCC2CN)ccc(C)c1C. The molecule has 0 radical (unpaired) electrons. The van der Waals surface area contributed by atoms with E-state index in [4.69, 9.17) is 10.5 Å². The molecule has 3 unspecified atom stereocenters. The second-order valence-electron chi connectivity index (χ2n) is 7.05. The Morgan fingerprint density at radius 3 is 2.52 bits per heavy atom. The van der Waals surface area contributed by atoms with Crippen LogP contribution in [-0.4, -0.2) is 13.7 Å². The van der Waals surface area contributed by atoms with Crippen molar-refractivity contribution >= 4 is 0 Å². The van der Waals surface area contributed by atoms with Crippen LogP contribution in [0.25, 0.3) is 0 Å². The van der Waals surface area contributed by atoms with E-state index in [1.165, 1.54) is 36.0 Å².